The van der Waals surface area contributed by atoms with Crippen molar-refractivity contribution in [3.05, 3.63) is 18.2 Å². The minimum atomic E-state index is -0.236. The van der Waals surface area contributed by atoms with Gasteiger partial charge in [0.2, 0.25) is 0 Å². The molecule has 2 N–H and O–H groups in total. The summed E-state index contributed by atoms with van der Waals surface area (Å²) in [6, 6.07) is 5.40. The largest absolute Gasteiger partial charge is 0.337 e. The summed E-state index contributed by atoms with van der Waals surface area (Å²) in [5.74, 6) is 0. The Morgan fingerprint density at radius 1 is 1.40 bits per heavy atom. The molecule has 1 fully saturated rings. The molecule has 132 valence electrons. The quantitative estimate of drug-likeness (QED) is 0.615. The number of nitrogens with zero attached hydrogens (tertiary/aromatic N) is 4. The number of fused-ring (bicyclic) bond motifs is 1. The fourth-order valence-electron chi connectivity index (χ4n) is 2.61. The van der Waals surface area contributed by atoms with Gasteiger partial charge in [-0.25, -0.2) is 9.78 Å². The topological polar surface area (TPSA) is 84.3 Å². The van der Waals surface area contributed by atoms with Gasteiger partial charge in [-0.15, -0.1) is 0 Å². The number of hydrogen-bond acceptors (Lipinski definition) is 7. The van der Waals surface area contributed by atoms with E-state index in [-0.39, 0.29) is 6.03 Å². The molecular formula is C16H20N6OS2. The molecular weight excluding hydrogens is 356 g/mol. The second-order valence-electron chi connectivity index (χ2n) is 5.87. The number of carbonyl (C=O) groups excluding carboxylic acids is 1. The van der Waals surface area contributed by atoms with Crippen LogP contribution in [0.15, 0.2) is 23.1 Å². The monoisotopic (exact) mass is 376 g/mol. The van der Waals surface area contributed by atoms with Gasteiger partial charge in [-0.05, 0) is 37.0 Å². The van der Waals surface area contributed by atoms with Crippen LogP contribution in [0.5, 0.6) is 0 Å². The maximum absolute atomic E-state index is 12.0. The highest BCUT2D eigenvalue weighted by Crippen LogP contribution is 2.29. The summed E-state index contributed by atoms with van der Waals surface area (Å²) in [7, 11) is 2.13. The summed E-state index contributed by atoms with van der Waals surface area (Å²) in [6.45, 7) is 5.70. The average molecular weight is 377 g/mol. The van der Waals surface area contributed by atoms with E-state index in [2.05, 4.69) is 37.9 Å². The molecule has 0 saturated carbocycles. The van der Waals surface area contributed by atoms with Crippen molar-refractivity contribution in [1.82, 2.24) is 20.1 Å². The number of rotatable bonds is 5. The molecule has 1 aliphatic rings. The summed E-state index contributed by atoms with van der Waals surface area (Å²) in [4.78, 5) is 22.0. The zero-order valence-corrected chi connectivity index (χ0v) is 15.6. The van der Waals surface area contributed by atoms with Crippen LogP contribution in [-0.4, -0.2) is 67.1 Å². The van der Waals surface area contributed by atoms with Crippen LogP contribution < -0.4 is 10.6 Å². The highest BCUT2D eigenvalue weighted by atomic mass is 32.2. The SMILES string of the molecule is CN1CCN(CCNC(=O)Nc2nc3ccc(SC#N)cc3s2)CC1. The standard InChI is InChI=1S/C16H20N6OS2/c1-21-6-8-22(9-7-21)5-4-18-15(23)20-16-19-13-3-2-12(24-11-17)10-14(13)25-16/h2-3,10H,4-9H2,1H3,(H2,18,19,20,23). The molecule has 1 aliphatic heterocycles. The molecule has 2 amide bonds. The van der Waals surface area contributed by atoms with E-state index in [0.29, 0.717) is 11.7 Å². The summed E-state index contributed by atoms with van der Waals surface area (Å²) in [6.07, 6.45) is 0. The number of aromatic nitrogens is 1. The lowest BCUT2D eigenvalue weighted by molar-refractivity contribution is 0.155. The van der Waals surface area contributed by atoms with Crippen LogP contribution in [0.1, 0.15) is 0 Å². The summed E-state index contributed by atoms with van der Waals surface area (Å²) in [5, 5.41) is 17.0. The van der Waals surface area contributed by atoms with Crippen LogP contribution in [-0.2, 0) is 0 Å². The van der Waals surface area contributed by atoms with Crippen LogP contribution >= 0.6 is 23.1 Å². The third-order valence-electron chi connectivity index (χ3n) is 4.05. The Labute approximate surface area is 155 Å². The third-order valence-corrected chi connectivity index (χ3v) is 5.57. The molecule has 0 atom stereocenters. The van der Waals surface area contributed by atoms with Gasteiger partial charge in [0.1, 0.15) is 5.40 Å². The lowest BCUT2D eigenvalue weighted by Gasteiger charge is -2.32. The number of carbonyl (C=O) groups is 1. The van der Waals surface area contributed by atoms with Crippen molar-refractivity contribution in [2.75, 3.05) is 51.6 Å². The molecule has 9 heteroatoms. The molecule has 3 rings (SSSR count). The molecule has 1 aromatic carbocycles. The Morgan fingerprint density at radius 2 is 2.20 bits per heavy atom. The highest BCUT2D eigenvalue weighted by Gasteiger charge is 2.13. The Kier molecular flexibility index (Phi) is 6.09. The number of thiazole rings is 1. The van der Waals surface area contributed by atoms with E-state index < -0.39 is 0 Å². The van der Waals surface area contributed by atoms with Crippen molar-refractivity contribution in [3.8, 4) is 5.40 Å². The van der Waals surface area contributed by atoms with Crippen LogP contribution in [0.25, 0.3) is 10.2 Å². The number of benzene rings is 1. The first-order chi connectivity index (χ1) is 12.1. The first-order valence-electron chi connectivity index (χ1n) is 8.06. The lowest BCUT2D eigenvalue weighted by atomic mass is 10.3. The Balaban J connectivity index is 1.47. The van der Waals surface area contributed by atoms with Crippen molar-refractivity contribution in [1.29, 1.82) is 5.26 Å². The van der Waals surface area contributed by atoms with Gasteiger partial charge >= 0.3 is 6.03 Å². The number of piperazine rings is 1. The van der Waals surface area contributed by atoms with Gasteiger partial charge in [0, 0.05) is 44.2 Å². The fraction of sp³-hybridized carbons (Fsp3) is 0.438. The van der Waals surface area contributed by atoms with Crippen LogP contribution in [0, 0.1) is 10.7 Å². The maximum Gasteiger partial charge on any atom is 0.321 e. The smallest absolute Gasteiger partial charge is 0.321 e. The molecule has 1 saturated heterocycles. The second kappa shape index (κ2) is 8.49. The first-order valence-corrected chi connectivity index (χ1v) is 9.69. The molecule has 0 aliphatic carbocycles. The number of nitriles is 1. The number of likely N-dealkylation sites (N-methyl/N-ethyl adjacent to an activating group) is 1. The Morgan fingerprint density at radius 3 is 2.96 bits per heavy atom. The van der Waals surface area contributed by atoms with Gasteiger partial charge in [-0.1, -0.05) is 11.3 Å². The second-order valence-corrected chi connectivity index (χ2v) is 7.76. The number of anilines is 1. The summed E-state index contributed by atoms with van der Waals surface area (Å²) >= 11 is 2.52. The molecule has 2 heterocycles. The van der Waals surface area contributed by atoms with Gasteiger partial charge in [0.05, 0.1) is 10.2 Å². The zero-order chi connectivity index (χ0) is 17.6. The normalized spacial score (nSPS) is 15.8. The summed E-state index contributed by atoms with van der Waals surface area (Å²) in [5.41, 5.74) is 0.819. The van der Waals surface area contributed by atoms with E-state index in [1.54, 1.807) is 0 Å². The van der Waals surface area contributed by atoms with E-state index in [1.165, 1.54) is 11.3 Å². The Hall–Kier alpha value is -1.86. The van der Waals surface area contributed by atoms with Gasteiger partial charge in [0.25, 0.3) is 0 Å². The van der Waals surface area contributed by atoms with Crippen molar-refractivity contribution in [2.45, 2.75) is 4.90 Å². The van der Waals surface area contributed by atoms with E-state index in [4.69, 9.17) is 5.26 Å². The minimum Gasteiger partial charge on any atom is -0.337 e. The van der Waals surface area contributed by atoms with Gasteiger partial charge in [-0.2, -0.15) is 5.26 Å². The highest BCUT2D eigenvalue weighted by molar-refractivity contribution is 8.03. The van der Waals surface area contributed by atoms with E-state index in [0.717, 1.165) is 59.6 Å². The number of thioether (sulfide) groups is 1. The molecule has 0 unspecified atom stereocenters. The fourth-order valence-corrected chi connectivity index (χ4v) is 4.01. The van der Waals surface area contributed by atoms with Gasteiger partial charge < -0.3 is 10.2 Å². The number of hydrogen-bond donors (Lipinski definition) is 2. The van der Waals surface area contributed by atoms with Crippen LogP contribution in [0.4, 0.5) is 9.93 Å². The van der Waals surface area contributed by atoms with Crippen molar-refractivity contribution < 1.29 is 4.79 Å². The van der Waals surface area contributed by atoms with E-state index in [1.807, 2.05) is 18.2 Å². The molecule has 0 radical (unpaired) electrons. The first kappa shape index (κ1) is 17.9. The van der Waals surface area contributed by atoms with Gasteiger partial charge in [-0.3, -0.25) is 10.2 Å². The van der Waals surface area contributed by atoms with E-state index >= 15 is 0 Å². The molecule has 25 heavy (non-hydrogen) atoms. The third kappa shape index (κ3) is 5.06. The molecule has 7 nitrogen and oxygen atoms in total. The number of amides is 2. The summed E-state index contributed by atoms with van der Waals surface area (Å²) < 4.78 is 0.952. The molecule has 1 aromatic heterocycles. The predicted octanol–water partition coefficient (Wildman–Crippen LogP) is 2.24. The van der Waals surface area contributed by atoms with Crippen molar-refractivity contribution >= 4 is 44.5 Å². The zero-order valence-electron chi connectivity index (χ0n) is 14.0. The number of urea groups is 1. The lowest BCUT2D eigenvalue weighted by Crippen LogP contribution is -2.47. The average Bonchev–Trinajstić information content (AvgIpc) is 2.98. The minimum absolute atomic E-state index is 0.236. The number of nitrogens with one attached hydrogen (secondary N) is 2. The van der Waals surface area contributed by atoms with Gasteiger partial charge in [0.15, 0.2) is 5.13 Å². The van der Waals surface area contributed by atoms with Crippen molar-refractivity contribution in [2.24, 2.45) is 0 Å². The molecule has 0 spiro atoms. The molecule has 2 aromatic rings. The van der Waals surface area contributed by atoms with Crippen LogP contribution in [0.2, 0.25) is 0 Å². The van der Waals surface area contributed by atoms with E-state index in [9.17, 15) is 4.79 Å². The van der Waals surface area contributed by atoms with Crippen molar-refractivity contribution in [3.63, 3.8) is 0 Å². The number of thiocyanates is 1. The maximum atomic E-state index is 12.0. The Bertz CT molecular complexity index is 779. The van der Waals surface area contributed by atoms with Crippen LogP contribution in [0.3, 0.4) is 0 Å². The predicted molar refractivity (Wildman–Crippen MR) is 102 cm³/mol. The molecule has 0 bridgehead atoms.